The zero-order valence-corrected chi connectivity index (χ0v) is 12.3. The second-order valence-corrected chi connectivity index (χ2v) is 4.66. The van der Waals surface area contributed by atoms with E-state index < -0.39 is 5.97 Å². The van der Waals surface area contributed by atoms with Gasteiger partial charge in [-0.05, 0) is 42.8 Å². The maximum atomic E-state index is 11.8. The first-order chi connectivity index (χ1) is 11.2. The summed E-state index contributed by atoms with van der Waals surface area (Å²) < 4.78 is 15.1. The molecule has 2 heterocycles. The lowest BCUT2D eigenvalue weighted by molar-refractivity contribution is -0.130. The van der Waals surface area contributed by atoms with Crippen molar-refractivity contribution in [3.63, 3.8) is 0 Å². The monoisotopic (exact) mass is 311 g/mol. The van der Waals surface area contributed by atoms with Crippen molar-refractivity contribution in [2.45, 2.75) is 6.92 Å². The van der Waals surface area contributed by atoms with Gasteiger partial charge < -0.3 is 13.9 Å². The van der Waals surface area contributed by atoms with E-state index >= 15 is 0 Å². The summed E-state index contributed by atoms with van der Waals surface area (Å²) in [6, 6.07) is 9.99. The number of cyclic esters (lactones) is 1. The van der Waals surface area contributed by atoms with Gasteiger partial charge in [0.15, 0.2) is 11.5 Å². The van der Waals surface area contributed by atoms with Gasteiger partial charge in [0, 0.05) is 0 Å². The first-order valence-corrected chi connectivity index (χ1v) is 7.01. The zero-order valence-electron chi connectivity index (χ0n) is 12.3. The van der Waals surface area contributed by atoms with Gasteiger partial charge in [0.25, 0.3) is 5.90 Å². The van der Waals surface area contributed by atoms with Crippen LogP contribution in [0.15, 0.2) is 57.8 Å². The molecule has 23 heavy (non-hydrogen) atoms. The van der Waals surface area contributed by atoms with Crippen LogP contribution in [0.25, 0.3) is 6.08 Å². The topological polar surface area (TPSA) is 78.1 Å². The molecule has 1 aliphatic rings. The molecule has 1 aromatic heterocycles. The summed E-state index contributed by atoms with van der Waals surface area (Å²) in [6.45, 7) is 2.07. The van der Waals surface area contributed by atoms with Gasteiger partial charge in [-0.25, -0.2) is 14.6 Å². The Kier molecular flexibility index (Phi) is 4.05. The summed E-state index contributed by atoms with van der Waals surface area (Å²) in [5.41, 5.74) is 1.33. The molecule has 0 bridgehead atoms. The van der Waals surface area contributed by atoms with Crippen LogP contribution in [0, 0.1) is 0 Å². The van der Waals surface area contributed by atoms with E-state index in [2.05, 4.69) is 4.99 Å². The Hall–Kier alpha value is -3.15. The quantitative estimate of drug-likeness (QED) is 0.641. The van der Waals surface area contributed by atoms with Crippen LogP contribution in [0.2, 0.25) is 0 Å². The number of carbonyl (C=O) groups is 2. The summed E-state index contributed by atoms with van der Waals surface area (Å²) in [4.78, 5) is 27.5. The second kappa shape index (κ2) is 6.31. The minimum absolute atomic E-state index is 0.134. The van der Waals surface area contributed by atoms with Gasteiger partial charge in [-0.15, -0.1) is 0 Å². The highest BCUT2D eigenvalue weighted by atomic mass is 16.6. The number of aliphatic imine (C=N–C) groups is 1. The summed E-state index contributed by atoms with van der Waals surface area (Å²) in [5, 5.41) is 0. The molecule has 0 saturated heterocycles. The fourth-order valence-electron chi connectivity index (χ4n) is 2.00. The summed E-state index contributed by atoms with van der Waals surface area (Å²) in [5.74, 6) is -0.412. The van der Waals surface area contributed by atoms with E-state index in [4.69, 9.17) is 13.9 Å². The largest absolute Gasteiger partial charge is 0.462 e. The molecule has 116 valence electrons. The third-order valence-corrected chi connectivity index (χ3v) is 3.08. The van der Waals surface area contributed by atoms with Gasteiger partial charge in [0.2, 0.25) is 0 Å². The van der Waals surface area contributed by atoms with Gasteiger partial charge in [0.1, 0.15) is 0 Å². The molecule has 0 fully saturated rings. The third kappa shape index (κ3) is 3.21. The number of hydrogen-bond donors (Lipinski definition) is 0. The number of hydrogen-bond acceptors (Lipinski definition) is 6. The highest BCUT2D eigenvalue weighted by molar-refractivity contribution is 6.11. The lowest BCUT2D eigenvalue weighted by Gasteiger charge is -2.01. The molecule has 2 aromatic rings. The van der Waals surface area contributed by atoms with Gasteiger partial charge in [-0.2, -0.15) is 0 Å². The van der Waals surface area contributed by atoms with Crippen molar-refractivity contribution in [3.05, 3.63) is 65.2 Å². The normalized spacial score (nSPS) is 15.4. The number of carbonyl (C=O) groups excluding carboxylic acids is 2. The summed E-state index contributed by atoms with van der Waals surface area (Å²) in [7, 11) is 0. The maximum absolute atomic E-state index is 11.8. The molecule has 0 N–H and O–H groups in total. The number of benzene rings is 1. The van der Waals surface area contributed by atoms with Gasteiger partial charge in [0.05, 0.1) is 18.4 Å². The SMILES string of the molecule is CCOC(=O)c1ccc(/C=C2\N=C(c3ccco3)OC2=O)cc1. The summed E-state index contributed by atoms with van der Waals surface area (Å²) in [6.07, 6.45) is 3.05. The van der Waals surface area contributed by atoms with Crippen molar-refractivity contribution in [1.82, 2.24) is 0 Å². The fourth-order valence-corrected chi connectivity index (χ4v) is 2.00. The molecule has 6 nitrogen and oxygen atoms in total. The Morgan fingerprint density at radius 2 is 2.04 bits per heavy atom. The predicted molar refractivity (Wildman–Crippen MR) is 81.7 cm³/mol. The van der Waals surface area contributed by atoms with E-state index in [1.807, 2.05) is 0 Å². The Labute approximate surface area is 132 Å². The van der Waals surface area contributed by atoms with Crippen LogP contribution in [0.4, 0.5) is 0 Å². The van der Waals surface area contributed by atoms with E-state index in [1.54, 1.807) is 49.4 Å². The Morgan fingerprint density at radius 3 is 2.70 bits per heavy atom. The lowest BCUT2D eigenvalue weighted by atomic mass is 10.1. The minimum Gasteiger partial charge on any atom is -0.462 e. The highest BCUT2D eigenvalue weighted by Gasteiger charge is 2.25. The highest BCUT2D eigenvalue weighted by Crippen LogP contribution is 2.19. The molecule has 0 amide bonds. The molecule has 0 spiro atoms. The van der Waals surface area contributed by atoms with E-state index in [9.17, 15) is 9.59 Å². The molecule has 6 heteroatoms. The number of ether oxygens (including phenoxy) is 2. The van der Waals surface area contributed by atoms with E-state index in [0.717, 1.165) is 5.56 Å². The Balaban J connectivity index is 1.81. The molecule has 1 aliphatic heterocycles. The smallest absolute Gasteiger partial charge is 0.363 e. The second-order valence-electron chi connectivity index (χ2n) is 4.66. The van der Waals surface area contributed by atoms with Crippen molar-refractivity contribution < 1.29 is 23.5 Å². The number of nitrogens with zero attached hydrogens (tertiary/aromatic N) is 1. The standard InChI is InChI=1S/C17H13NO5/c1-2-21-16(19)12-7-5-11(6-8-12)10-13-17(20)23-15(18-13)14-4-3-9-22-14/h3-10H,2H2,1H3/b13-10-. The number of esters is 2. The van der Waals surface area contributed by atoms with Crippen molar-refractivity contribution >= 4 is 23.9 Å². The van der Waals surface area contributed by atoms with Crippen LogP contribution in [-0.4, -0.2) is 24.4 Å². The molecular weight excluding hydrogens is 298 g/mol. The molecule has 0 unspecified atom stereocenters. The van der Waals surface area contributed by atoms with Gasteiger partial charge >= 0.3 is 11.9 Å². The first-order valence-electron chi connectivity index (χ1n) is 7.01. The van der Waals surface area contributed by atoms with E-state index in [0.29, 0.717) is 17.9 Å². The molecule has 0 radical (unpaired) electrons. The molecule has 0 atom stereocenters. The third-order valence-electron chi connectivity index (χ3n) is 3.08. The van der Waals surface area contributed by atoms with Crippen molar-refractivity contribution in [1.29, 1.82) is 0 Å². The molecule has 0 saturated carbocycles. The Bertz CT molecular complexity index is 785. The predicted octanol–water partition coefficient (Wildman–Crippen LogP) is 2.80. The molecular formula is C17H13NO5. The van der Waals surface area contributed by atoms with E-state index in [-0.39, 0.29) is 17.6 Å². The van der Waals surface area contributed by atoms with Crippen molar-refractivity contribution in [2.75, 3.05) is 6.61 Å². The molecule has 0 aliphatic carbocycles. The maximum Gasteiger partial charge on any atom is 0.363 e. The van der Waals surface area contributed by atoms with Gasteiger partial charge in [-0.3, -0.25) is 0 Å². The van der Waals surface area contributed by atoms with E-state index in [1.165, 1.54) is 6.26 Å². The fraction of sp³-hybridized carbons (Fsp3) is 0.118. The van der Waals surface area contributed by atoms with Crippen LogP contribution in [0.5, 0.6) is 0 Å². The number of furan rings is 1. The van der Waals surface area contributed by atoms with Crippen LogP contribution in [0.3, 0.4) is 0 Å². The average Bonchev–Trinajstić information content (AvgIpc) is 3.19. The zero-order chi connectivity index (χ0) is 16.2. The van der Waals surface area contributed by atoms with Crippen molar-refractivity contribution in [3.8, 4) is 0 Å². The van der Waals surface area contributed by atoms with Gasteiger partial charge in [-0.1, -0.05) is 12.1 Å². The van der Waals surface area contributed by atoms with Crippen LogP contribution in [0.1, 0.15) is 28.6 Å². The molecule has 3 rings (SSSR count). The van der Waals surface area contributed by atoms with Crippen molar-refractivity contribution in [2.24, 2.45) is 4.99 Å². The Morgan fingerprint density at radius 1 is 1.26 bits per heavy atom. The molecule has 1 aromatic carbocycles. The van der Waals surface area contributed by atoms with Crippen LogP contribution in [-0.2, 0) is 14.3 Å². The summed E-state index contributed by atoms with van der Waals surface area (Å²) >= 11 is 0. The first kappa shape index (κ1) is 14.8. The average molecular weight is 311 g/mol. The number of rotatable bonds is 4. The minimum atomic E-state index is -0.550. The van der Waals surface area contributed by atoms with Crippen LogP contribution >= 0.6 is 0 Å². The lowest BCUT2D eigenvalue weighted by Crippen LogP contribution is -2.04. The van der Waals surface area contributed by atoms with Crippen LogP contribution < -0.4 is 0 Å².